The Hall–Kier alpha value is -1.62. The number of halogens is 6. The van der Waals surface area contributed by atoms with E-state index in [4.69, 9.17) is 0 Å². The fraction of sp³-hybridized carbons (Fsp3) is 0.571. The van der Waals surface area contributed by atoms with E-state index in [1.54, 1.807) is 0 Å². The zero-order chi connectivity index (χ0) is 16.3. The van der Waals surface area contributed by atoms with Gasteiger partial charge < -0.3 is 0 Å². The van der Waals surface area contributed by atoms with E-state index in [2.05, 4.69) is 18.1 Å². The van der Waals surface area contributed by atoms with Gasteiger partial charge in [0.15, 0.2) is 0 Å². The van der Waals surface area contributed by atoms with E-state index in [0.29, 0.717) is 0 Å². The Balaban J connectivity index is 2.51. The highest BCUT2D eigenvalue weighted by atomic mass is 31.2. The maximum absolute atomic E-state index is 12.8. The molecule has 0 radical (unpaired) electrons. The second kappa shape index (κ2) is 4.19. The highest BCUT2D eigenvalue weighted by molar-refractivity contribution is 7.59. The first kappa shape index (κ1) is 15.8. The summed E-state index contributed by atoms with van der Waals surface area (Å²) in [7, 11) is -5.21. The van der Waals surface area contributed by atoms with Gasteiger partial charge in [0.2, 0.25) is 0 Å². The van der Waals surface area contributed by atoms with Gasteiger partial charge in [-0.2, -0.15) is 35.4 Å². The Morgan fingerprint density at radius 1 is 0.857 bits per heavy atom. The lowest BCUT2D eigenvalue weighted by Crippen LogP contribution is -2.61. The van der Waals surface area contributed by atoms with E-state index in [-0.39, 0.29) is 0 Å². The number of alkyl halides is 6. The molecule has 0 atom stereocenters. The van der Waals surface area contributed by atoms with Crippen LogP contribution in [0.25, 0.3) is 0 Å². The van der Waals surface area contributed by atoms with Crippen LogP contribution in [0.1, 0.15) is 6.42 Å². The van der Waals surface area contributed by atoms with Crippen molar-refractivity contribution in [1.82, 2.24) is 0 Å². The van der Waals surface area contributed by atoms with Crippen molar-refractivity contribution in [3.63, 3.8) is 0 Å². The average molecular weight is 343 g/mol. The lowest BCUT2D eigenvalue weighted by atomic mass is 9.98. The standard InChI is InChI=1S/C7H2F6O7P/c8-6(9,10)5(7(11,12)13)1-2(14)17-21(20-5)18-3(15)4(16)19-21/h1H2/q+1. The van der Waals surface area contributed by atoms with Gasteiger partial charge in [-0.25, -0.2) is 18.9 Å². The predicted octanol–water partition coefficient (Wildman–Crippen LogP) is 1.59. The number of carbonyl (C=O) groups excluding carboxylic acids is 3. The maximum Gasteiger partial charge on any atom is 0.728 e. The number of carbonyl (C=O) groups is 3. The molecule has 0 aromatic carbocycles. The molecule has 0 bridgehead atoms. The van der Waals surface area contributed by atoms with Crippen LogP contribution in [0.5, 0.6) is 0 Å². The number of rotatable bonds is 0. The van der Waals surface area contributed by atoms with Crippen LogP contribution < -0.4 is 0 Å². The second-order valence-corrected chi connectivity index (χ2v) is 5.38. The second-order valence-electron chi connectivity index (χ2n) is 3.76. The molecule has 2 heterocycles. The van der Waals surface area contributed by atoms with Crippen molar-refractivity contribution >= 4 is 26.1 Å². The first-order valence-corrected chi connectivity index (χ1v) is 6.21. The molecule has 0 saturated carbocycles. The molecule has 2 saturated heterocycles. The van der Waals surface area contributed by atoms with Crippen molar-refractivity contribution in [2.45, 2.75) is 24.4 Å². The first-order valence-electron chi connectivity index (χ1n) is 4.75. The molecule has 2 fully saturated rings. The van der Waals surface area contributed by atoms with Crippen molar-refractivity contribution in [2.24, 2.45) is 0 Å². The summed E-state index contributed by atoms with van der Waals surface area (Å²) in [5, 5.41) is 0. The summed E-state index contributed by atoms with van der Waals surface area (Å²) in [4.78, 5) is 32.6. The molecule has 0 aliphatic carbocycles. The Morgan fingerprint density at radius 2 is 1.29 bits per heavy atom. The van der Waals surface area contributed by atoms with Gasteiger partial charge in [0.25, 0.3) is 0 Å². The van der Waals surface area contributed by atoms with E-state index in [1.165, 1.54) is 0 Å². The Kier molecular flexibility index (Phi) is 3.15. The Labute approximate surface area is 110 Å². The van der Waals surface area contributed by atoms with Crippen molar-refractivity contribution in [1.29, 1.82) is 0 Å². The highest BCUT2D eigenvalue weighted by Gasteiger charge is 2.86. The molecule has 2 aliphatic heterocycles. The molecule has 1 spiro atoms. The summed E-state index contributed by atoms with van der Waals surface area (Å²) < 4.78 is 92.1. The molecular weight excluding hydrogens is 341 g/mol. The number of hydrogen-bond acceptors (Lipinski definition) is 7. The fourth-order valence-corrected chi connectivity index (χ4v) is 3.18. The zero-order valence-corrected chi connectivity index (χ0v) is 10.2. The van der Waals surface area contributed by atoms with Gasteiger partial charge in [-0.15, -0.1) is 4.52 Å². The number of hydrogen-bond donors (Lipinski definition) is 0. The van der Waals surface area contributed by atoms with Gasteiger partial charge in [0.1, 0.15) is 6.42 Å². The third-order valence-electron chi connectivity index (χ3n) is 2.35. The van der Waals surface area contributed by atoms with Crippen molar-refractivity contribution in [3.8, 4) is 0 Å². The maximum atomic E-state index is 12.8. The molecule has 2 aliphatic rings. The summed E-state index contributed by atoms with van der Waals surface area (Å²) in [6.07, 6.45) is -14.5. The van der Waals surface area contributed by atoms with Gasteiger partial charge >= 0.3 is 44.0 Å². The van der Waals surface area contributed by atoms with Crippen molar-refractivity contribution in [3.05, 3.63) is 0 Å². The third kappa shape index (κ3) is 2.29. The van der Waals surface area contributed by atoms with Crippen LogP contribution in [0.4, 0.5) is 26.3 Å². The van der Waals surface area contributed by atoms with E-state index in [9.17, 15) is 40.7 Å². The molecule has 0 unspecified atom stereocenters. The lowest BCUT2D eigenvalue weighted by Gasteiger charge is -2.36. The van der Waals surface area contributed by atoms with Crippen molar-refractivity contribution < 1.29 is 58.8 Å². The predicted molar refractivity (Wildman–Crippen MR) is 45.7 cm³/mol. The molecule has 7 nitrogen and oxygen atoms in total. The summed E-state index contributed by atoms with van der Waals surface area (Å²) in [6, 6.07) is 0. The summed E-state index contributed by atoms with van der Waals surface area (Å²) in [5.41, 5.74) is -5.01. The molecule has 0 amide bonds. The van der Waals surface area contributed by atoms with Crippen molar-refractivity contribution in [2.75, 3.05) is 0 Å². The van der Waals surface area contributed by atoms with Gasteiger partial charge in [-0.3, -0.25) is 0 Å². The monoisotopic (exact) mass is 343 g/mol. The van der Waals surface area contributed by atoms with Crippen LogP contribution in [0.2, 0.25) is 0 Å². The van der Waals surface area contributed by atoms with Gasteiger partial charge in [-0.05, 0) is 0 Å². The van der Waals surface area contributed by atoms with E-state index >= 15 is 0 Å². The topological polar surface area (TPSA) is 88.1 Å². The quantitative estimate of drug-likeness (QED) is 0.375. The highest BCUT2D eigenvalue weighted by Crippen LogP contribution is 2.74. The Bertz CT molecular complexity index is 495. The van der Waals surface area contributed by atoms with Crippen LogP contribution in [0.15, 0.2) is 0 Å². The third-order valence-corrected chi connectivity index (χ3v) is 4.09. The lowest BCUT2D eigenvalue weighted by molar-refractivity contribution is -0.366. The van der Waals surface area contributed by atoms with Crippen LogP contribution in [0, 0.1) is 0 Å². The van der Waals surface area contributed by atoms with Crippen LogP contribution in [-0.2, 0) is 32.5 Å². The average Bonchev–Trinajstić information content (AvgIpc) is 2.48. The molecule has 0 aromatic rings. The van der Waals surface area contributed by atoms with E-state index in [1.807, 2.05) is 0 Å². The fourth-order valence-electron chi connectivity index (χ4n) is 1.44. The van der Waals surface area contributed by atoms with E-state index < -0.39 is 50.5 Å². The SMILES string of the molecule is O=C1CC(C(F)(F)F)(C(F)(F)F)O[P+]2(O1)OC(=O)C(=O)O2. The normalized spacial score (nSPS) is 24.6. The largest absolute Gasteiger partial charge is 0.728 e. The van der Waals surface area contributed by atoms with Crippen LogP contribution >= 0.6 is 8.17 Å². The molecule has 21 heavy (non-hydrogen) atoms. The molecule has 118 valence electrons. The molecule has 14 heteroatoms. The first-order chi connectivity index (χ1) is 9.32. The van der Waals surface area contributed by atoms with Crippen LogP contribution in [0.3, 0.4) is 0 Å². The molecule has 2 rings (SSSR count). The van der Waals surface area contributed by atoms with Gasteiger partial charge in [-0.1, -0.05) is 0 Å². The molecule has 0 aromatic heterocycles. The van der Waals surface area contributed by atoms with Gasteiger partial charge in [0, 0.05) is 0 Å². The minimum atomic E-state index is -6.11. The van der Waals surface area contributed by atoms with Gasteiger partial charge in [0.05, 0.1) is 0 Å². The van der Waals surface area contributed by atoms with E-state index in [0.717, 1.165) is 0 Å². The van der Waals surface area contributed by atoms with Crippen LogP contribution in [-0.4, -0.2) is 35.9 Å². The minimum Gasteiger partial charge on any atom is -0.247 e. The molecule has 0 N–H and O–H groups in total. The zero-order valence-electron chi connectivity index (χ0n) is 9.28. The Morgan fingerprint density at radius 3 is 1.67 bits per heavy atom. The summed E-state index contributed by atoms with van der Waals surface area (Å²) >= 11 is 0. The summed E-state index contributed by atoms with van der Waals surface area (Å²) in [5.74, 6) is -5.92. The smallest absolute Gasteiger partial charge is 0.247 e. The summed E-state index contributed by atoms with van der Waals surface area (Å²) in [6.45, 7) is 0. The minimum absolute atomic E-state index is 1.93. The molecular formula is C7H2F6O7P+.